The Balaban J connectivity index is 1.68. The van der Waals surface area contributed by atoms with Crippen LogP contribution >= 0.6 is 11.3 Å². The molecule has 110 valence electrons. The number of rotatable bonds is 2. The fraction of sp³-hybridized carbons (Fsp3) is 0.500. The standard InChI is InChI=1S/C14H16N4O2S/c19-11-7-15-12(20)14(3-1-2-4-14)18(11)9-10-8-17-5-6-21-13(17)16-10/h5-6,8H,1-4,7,9H2,(H,15,20). The molecule has 1 saturated carbocycles. The van der Waals surface area contributed by atoms with Crippen LogP contribution in [0.1, 0.15) is 31.4 Å². The summed E-state index contributed by atoms with van der Waals surface area (Å²) in [5, 5.41) is 4.72. The predicted molar refractivity (Wildman–Crippen MR) is 77.8 cm³/mol. The minimum absolute atomic E-state index is 0.000575. The molecule has 7 heteroatoms. The smallest absolute Gasteiger partial charge is 0.246 e. The summed E-state index contributed by atoms with van der Waals surface area (Å²) in [6, 6.07) is 0. The molecule has 2 amide bonds. The van der Waals surface area contributed by atoms with Gasteiger partial charge in [0.05, 0.1) is 18.8 Å². The SMILES string of the molecule is O=C1CNC(=O)C2(CCCC2)N1Cc1cn2ccsc2n1. The summed E-state index contributed by atoms with van der Waals surface area (Å²) < 4.78 is 1.95. The fourth-order valence-corrected chi connectivity index (χ4v) is 4.21. The molecule has 1 spiro atoms. The third-order valence-electron chi connectivity index (χ3n) is 4.53. The molecule has 0 unspecified atom stereocenters. The van der Waals surface area contributed by atoms with Crippen LogP contribution in [0.4, 0.5) is 0 Å². The van der Waals surface area contributed by atoms with E-state index in [0.29, 0.717) is 6.54 Å². The third-order valence-corrected chi connectivity index (χ3v) is 5.31. The predicted octanol–water partition coefficient (Wildman–Crippen LogP) is 1.17. The maximum absolute atomic E-state index is 12.4. The van der Waals surface area contributed by atoms with Gasteiger partial charge in [-0.3, -0.25) is 14.0 Å². The van der Waals surface area contributed by atoms with Gasteiger partial charge < -0.3 is 10.2 Å². The molecule has 3 heterocycles. The molecule has 2 aromatic rings. The molecule has 1 aliphatic carbocycles. The van der Waals surface area contributed by atoms with Crippen LogP contribution in [0.2, 0.25) is 0 Å². The first-order valence-corrected chi connectivity index (χ1v) is 8.07. The Morgan fingerprint density at radius 1 is 1.33 bits per heavy atom. The summed E-state index contributed by atoms with van der Waals surface area (Å²) in [6.45, 7) is 0.517. The van der Waals surface area contributed by atoms with Gasteiger partial charge in [0.2, 0.25) is 11.8 Å². The van der Waals surface area contributed by atoms with Crippen LogP contribution < -0.4 is 5.32 Å². The fourth-order valence-electron chi connectivity index (χ4n) is 3.49. The minimum Gasteiger partial charge on any atom is -0.345 e. The molecule has 4 rings (SSSR count). The topological polar surface area (TPSA) is 66.7 Å². The van der Waals surface area contributed by atoms with Gasteiger partial charge in [-0.2, -0.15) is 0 Å². The van der Waals surface area contributed by atoms with E-state index in [1.54, 1.807) is 16.2 Å². The lowest BCUT2D eigenvalue weighted by Gasteiger charge is -2.43. The average molecular weight is 304 g/mol. The van der Waals surface area contributed by atoms with Crippen LogP contribution in [0, 0.1) is 0 Å². The van der Waals surface area contributed by atoms with E-state index in [4.69, 9.17) is 0 Å². The molecular formula is C14H16N4O2S. The highest BCUT2D eigenvalue weighted by molar-refractivity contribution is 7.15. The van der Waals surface area contributed by atoms with Gasteiger partial charge >= 0.3 is 0 Å². The van der Waals surface area contributed by atoms with Gasteiger partial charge in [-0.05, 0) is 12.8 Å². The lowest BCUT2D eigenvalue weighted by molar-refractivity contribution is -0.154. The van der Waals surface area contributed by atoms with E-state index in [-0.39, 0.29) is 18.4 Å². The number of carbonyl (C=O) groups excluding carboxylic acids is 2. The highest BCUT2D eigenvalue weighted by Crippen LogP contribution is 2.38. The van der Waals surface area contributed by atoms with Crippen molar-refractivity contribution >= 4 is 28.1 Å². The first-order chi connectivity index (χ1) is 10.2. The molecule has 1 saturated heterocycles. The summed E-state index contributed by atoms with van der Waals surface area (Å²) in [5.74, 6) is -0.00604. The van der Waals surface area contributed by atoms with Gasteiger partial charge in [-0.25, -0.2) is 4.98 Å². The molecule has 1 aliphatic heterocycles. The number of nitrogens with zero attached hydrogens (tertiary/aromatic N) is 3. The molecular weight excluding hydrogens is 288 g/mol. The maximum atomic E-state index is 12.4. The second-order valence-corrected chi connectivity index (χ2v) is 6.60. The molecule has 21 heavy (non-hydrogen) atoms. The molecule has 1 N–H and O–H groups in total. The van der Waals surface area contributed by atoms with Crippen LogP contribution in [-0.4, -0.2) is 38.2 Å². The normalized spacial score (nSPS) is 21.4. The number of nitrogens with one attached hydrogen (secondary N) is 1. The van der Waals surface area contributed by atoms with Crippen molar-refractivity contribution < 1.29 is 9.59 Å². The Kier molecular flexibility index (Phi) is 2.78. The zero-order chi connectivity index (χ0) is 14.4. The number of carbonyl (C=O) groups is 2. The van der Waals surface area contributed by atoms with Gasteiger partial charge in [0.1, 0.15) is 5.54 Å². The van der Waals surface area contributed by atoms with E-state index in [0.717, 1.165) is 36.3 Å². The first-order valence-electron chi connectivity index (χ1n) is 7.19. The molecule has 0 radical (unpaired) electrons. The van der Waals surface area contributed by atoms with Crippen molar-refractivity contribution in [3.8, 4) is 0 Å². The zero-order valence-electron chi connectivity index (χ0n) is 11.5. The molecule has 0 atom stereocenters. The Bertz CT molecular complexity index is 685. The molecule has 0 aromatic carbocycles. The van der Waals surface area contributed by atoms with Crippen LogP contribution in [-0.2, 0) is 16.1 Å². The number of hydrogen-bond donors (Lipinski definition) is 1. The van der Waals surface area contributed by atoms with Crippen molar-refractivity contribution in [1.82, 2.24) is 19.6 Å². The minimum atomic E-state index is -0.646. The Hall–Kier alpha value is -1.89. The molecule has 2 aromatic heterocycles. The number of amides is 2. The highest BCUT2D eigenvalue weighted by Gasteiger charge is 2.50. The number of aromatic nitrogens is 2. The Morgan fingerprint density at radius 2 is 2.14 bits per heavy atom. The summed E-state index contributed by atoms with van der Waals surface area (Å²) in [7, 11) is 0. The van der Waals surface area contributed by atoms with E-state index in [1.807, 2.05) is 22.2 Å². The van der Waals surface area contributed by atoms with Crippen LogP contribution in [0.25, 0.3) is 4.96 Å². The number of imidazole rings is 1. The summed E-state index contributed by atoms with van der Waals surface area (Å²) >= 11 is 1.56. The molecule has 0 bridgehead atoms. The van der Waals surface area contributed by atoms with Gasteiger partial charge in [0.25, 0.3) is 0 Å². The van der Waals surface area contributed by atoms with Crippen molar-refractivity contribution in [1.29, 1.82) is 0 Å². The van der Waals surface area contributed by atoms with E-state index in [9.17, 15) is 9.59 Å². The summed E-state index contributed by atoms with van der Waals surface area (Å²) in [5.41, 5.74) is 0.197. The first kappa shape index (κ1) is 12.8. The second kappa shape index (κ2) is 4.56. The largest absolute Gasteiger partial charge is 0.345 e. The summed E-state index contributed by atoms with van der Waals surface area (Å²) in [6.07, 6.45) is 7.39. The molecule has 2 aliphatic rings. The lowest BCUT2D eigenvalue weighted by Crippen LogP contribution is -2.65. The van der Waals surface area contributed by atoms with Crippen molar-refractivity contribution in [3.05, 3.63) is 23.5 Å². The Morgan fingerprint density at radius 3 is 2.90 bits per heavy atom. The monoisotopic (exact) mass is 304 g/mol. The third kappa shape index (κ3) is 1.87. The maximum Gasteiger partial charge on any atom is 0.246 e. The zero-order valence-corrected chi connectivity index (χ0v) is 12.4. The lowest BCUT2D eigenvalue weighted by atomic mass is 9.91. The highest BCUT2D eigenvalue weighted by atomic mass is 32.1. The quantitative estimate of drug-likeness (QED) is 0.905. The van der Waals surface area contributed by atoms with Gasteiger partial charge in [-0.15, -0.1) is 11.3 Å². The van der Waals surface area contributed by atoms with Gasteiger partial charge in [0.15, 0.2) is 4.96 Å². The van der Waals surface area contributed by atoms with Gasteiger partial charge in [0, 0.05) is 17.8 Å². The van der Waals surface area contributed by atoms with E-state index in [2.05, 4.69) is 10.3 Å². The van der Waals surface area contributed by atoms with E-state index < -0.39 is 5.54 Å². The number of hydrogen-bond acceptors (Lipinski definition) is 4. The van der Waals surface area contributed by atoms with Gasteiger partial charge in [-0.1, -0.05) is 12.8 Å². The van der Waals surface area contributed by atoms with Crippen LogP contribution in [0.15, 0.2) is 17.8 Å². The Labute approximate surface area is 125 Å². The van der Waals surface area contributed by atoms with Crippen molar-refractivity contribution in [2.24, 2.45) is 0 Å². The molecule has 2 fully saturated rings. The van der Waals surface area contributed by atoms with Crippen LogP contribution in [0.3, 0.4) is 0 Å². The van der Waals surface area contributed by atoms with Crippen LogP contribution in [0.5, 0.6) is 0 Å². The molecule has 6 nitrogen and oxygen atoms in total. The van der Waals surface area contributed by atoms with Crippen molar-refractivity contribution in [2.45, 2.75) is 37.8 Å². The van der Waals surface area contributed by atoms with E-state index >= 15 is 0 Å². The van der Waals surface area contributed by atoms with Crippen molar-refractivity contribution in [2.75, 3.05) is 6.54 Å². The number of piperazine rings is 1. The second-order valence-electron chi connectivity index (χ2n) is 5.73. The number of thiazole rings is 1. The van der Waals surface area contributed by atoms with Crippen molar-refractivity contribution in [3.63, 3.8) is 0 Å². The summed E-state index contributed by atoms with van der Waals surface area (Å²) in [4.78, 5) is 31.9. The number of fused-ring (bicyclic) bond motifs is 1. The van der Waals surface area contributed by atoms with E-state index in [1.165, 1.54) is 0 Å². The average Bonchev–Trinajstić information content (AvgIpc) is 3.15.